The van der Waals surface area contributed by atoms with Gasteiger partial charge in [0.15, 0.2) is 0 Å². The average molecular weight is 290 g/mol. The Bertz CT molecular complexity index is 536. The van der Waals surface area contributed by atoms with Crippen molar-refractivity contribution in [2.75, 3.05) is 13.6 Å². The standard InChI is InChI=1S/C15H22N4O2/c1-12(13(2)19-8-5-7-17-19)16-10-15(20)18(3)11-14-6-4-9-21-14/h4-9,12-13,16H,10-11H2,1-3H3/t12-,13-/m1/s1. The zero-order valence-electron chi connectivity index (χ0n) is 12.7. The Morgan fingerprint density at radius 2 is 2.29 bits per heavy atom. The van der Waals surface area contributed by atoms with Gasteiger partial charge in [0.2, 0.25) is 5.91 Å². The molecule has 2 aromatic rings. The highest BCUT2D eigenvalue weighted by atomic mass is 16.3. The molecule has 21 heavy (non-hydrogen) atoms. The van der Waals surface area contributed by atoms with E-state index in [1.807, 2.05) is 36.0 Å². The largest absolute Gasteiger partial charge is 0.467 e. The van der Waals surface area contributed by atoms with Crippen LogP contribution in [0.4, 0.5) is 0 Å². The molecule has 2 aromatic heterocycles. The number of carbonyl (C=O) groups excluding carboxylic acids is 1. The first kappa shape index (κ1) is 15.3. The molecule has 0 fully saturated rings. The second kappa shape index (κ2) is 7.08. The minimum Gasteiger partial charge on any atom is -0.467 e. The summed E-state index contributed by atoms with van der Waals surface area (Å²) in [4.78, 5) is 13.7. The molecule has 0 unspecified atom stereocenters. The van der Waals surface area contributed by atoms with Crippen LogP contribution in [0.2, 0.25) is 0 Å². The van der Waals surface area contributed by atoms with Crippen molar-refractivity contribution in [3.8, 4) is 0 Å². The van der Waals surface area contributed by atoms with Crippen molar-refractivity contribution in [3.05, 3.63) is 42.6 Å². The lowest BCUT2D eigenvalue weighted by atomic mass is 10.2. The zero-order chi connectivity index (χ0) is 15.2. The summed E-state index contributed by atoms with van der Waals surface area (Å²) in [5, 5.41) is 7.47. The topological polar surface area (TPSA) is 63.3 Å². The van der Waals surface area contributed by atoms with Gasteiger partial charge in [0.05, 0.1) is 25.4 Å². The van der Waals surface area contributed by atoms with Crippen LogP contribution < -0.4 is 5.32 Å². The number of hydrogen-bond acceptors (Lipinski definition) is 4. The number of rotatable bonds is 7. The van der Waals surface area contributed by atoms with Crippen LogP contribution >= 0.6 is 0 Å². The summed E-state index contributed by atoms with van der Waals surface area (Å²) in [6, 6.07) is 5.90. The van der Waals surface area contributed by atoms with Gasteiger partial charge in [0.25, 0.3) is 0 Å². The Morgan fingerprint density at radius 3 is 2.90 bits per heavy atom. The highest BCUT2D eigenvalue weighted by molar-refractivity contribution is 5.77. The van der Waals surface area contributed by atoms with Gasteiger partial charge in [0.1, 0.15) is 5.76 Å². The summed E-state index contributed by atoms with van der Waals surface area (Å²) in [6.07, 6.45) is 5.29. The van der Waals surface area contributed by atoms with Crippen molar-refractivity contribution in [3.63, 3.8) is 0 Å². The van der Waals surface area contributed by atoms with Gasteiger partial charge in [-0.3, -0.25) is 9.48 Å². The van der Waals surface area contributed by atoms with E-state index in [9.17, 15) is 4.79 Å². The predicted octanol–water partition coefficient (Wildman–Crippen LogP) is 1.67. The van der Waals surface area contributed by atoms with Crippen LogP contribution in [-0.2, 0) is 11.3 Å². The molecule has 1 amide bonds. The number of furan rings is 1. The van der Waals surface area contributed by atoms with Crippen molar-refractivity contribution in [2.24, 2.45) is 0 Å². The van der Waals surface area contributed by atoms with E-state index >= 15 is 0 Å². The molecular formula is C15H22N4O2. The highest BCUT2D eigenvalue weighted by Crippen LogP contribution is 2.09. The normalized spacial score (nSPS) is 13.9. The van der Waals surface area contributed by atoms with E-state index in [-0.39, 0.29) is 18.0 Å². The molecular weight excluding hydrogens is 268 g/mol. The van der Waals surface area contributed by atoms with Gasteiger partial charge >= 0.3 is 0 Å². The molecule has 6 heteroatoms. The molecule has 6 nitrogen and oxygen atoms in total. The Hall–Kier alpha value is -2.08. The molecule has 0 aliphatic heterocycles. The fourth-order valence-electron chi connectivity index (χ4n) is 2.03. The smallest absolute Gasteiger partial charge is 0.236 e. The molecule has 0 saturated heterocycles. The van der Waals surface area contributed by atoms with Crippen molar-refractivity contribution >= 4 is 5.91 Å². The van der Waals surface area contributed by atoms with Crippen molar-refractivity contribution < 1.29 is 9.21 Å². The van der Waals surface area contributed by atoms with E-state index in [0.29, 0.717) is 13.1 Å². The quantitative estimate of drug-likeness (QED) is 0.842. The summed E-state index contributed by atoms with van der Waals surface area (Å²) in [7, 11) is 1.77. The van der Waals surface area contributed by atoms with Gasteiger partial charge in [-0.05, 0) is 32.0 Å². The lowest BCUT2D eigenvalue weighted by molar-refractivity contribution is -0.129. The molecule has 0 bridgehead atoms. The molecule has 0 spiro atoms. The van der Waals surface area contributed by atoms with Crippen LogP contribution in [-0.4, -0.2) is 40.2 Å². The van der Waals surface area contributed by atoms with Crippen LogP contribution in [0.25, 0.3) is 0 Å². The third kappa shape index (κ3) is 4.19. The number of nitrogens with one attached hydrogen (secondary N) is 1. The van der Waals surface area contributed by atoms with Crippen molar-refractivity contribution in [1.29, 1.82) is 0 Å². The van der Waals surface area contributed by atoms with Crippen molar-refractivity contribution in [2.45, 2.75) is 32.5 Å². The molecule has 0 aliphatic carbocycles. The molecule has 2 atom stereocenters. The summed E-state index contributed by atoms with van der Waals surface area (Å²) < 4.78 is 7.12. The van der Waals surface area contributed by atoms with E-state index < -0.39 is 0 Å². The van der Waals surface area contributed by atoms with Crippen LogP contribution in [0.5, 0.6) is 0 Å². The van der Waals surface area contributed by atoms with E-state index in [4.69, 9.17) is 4.42 Å². The number of amides is 1. The maximum absolute atomic E-state index is 12.1. The third-order valence-electron chi connectivity index (χ3n) is 3.64. The zero-order valence-corrected chi connectivity index (χ0v) is 12.7. The van der Waals surface area contributed by atoms with Gasteiger partial charge in [-0.15, -0.1) is 0 Å². The van der Waals surface area contributed by atoms with Gasteiger partial charge < -0.3 is 14.6 Å². The number of carbonyl (C=O) groups is 1. The first-order chi connectivity index (χ1) is 10.1. The van der Waals surface area contributed by atoms with Crippen LogP contribution in [0.15, 0.2) is 41.3 Å². The highest BCUT2D eigenvalue weighted by Gasteiger charge is 2.16. The Kier molecular flexibility index (Phi) is 5.16. The molecule has 2 heterocycles. The van der Waals surface area contributed by atoms with Gasteiger partial charge in [-0.25, -0.2) is 0 Å². The Morgan fingerprint density at radius 1 is 1.48 bits per heavy atom. The second-order valence-corrected chi connectivity index (χ2v) is 5.23. The Labute approximate surface area is 124 Å². The molecule has 2 rings (SSSR count). The molecule has 0 saturated carbocycles. The van der Waals surface area contributed by atoms with Crippen LogP contribution in [0.3, 0.4) is 0 Å². The lowest BCUT2D eigenvalue weighted by Gasteiger charge is -2.23. The summed E-state index contributed by atoms with van der Waals surface area (Å²) >= 11 is 0. The lowest BCUT2D eigenvalue weighted by Crippen LogP contribution is -2.41. The SMILES string of the molecule is C[C@H]([C@@H](C)NCC(=O)N(C)Cc1ccco1)n1cccn1. The van der Waals surface area contributed by atoms with Gasteiger partial charge in [-0.1, -0.05) is 0 Å². The minimum atomic E-state index is 0.0333. The number of hydrogen-bond donors (Lipinski definition) is 1. The first-order valence-corrected chi connectivity index (χ1v) is 7.06. The maximum atomic E-state index is 12.1. The first-order valence-electron chi connectivity index (χ1n) is 7.06. The fraction of sp³-hybridized carbons (Fsp3) is 0.467. The molecule has 0 aliphatic rings. The summed E-state index contributed by atoms with van der Waals surface area (Å²) in [6.45, 7) is 4.90. The summed E-state index contributed by atoms with van der Waals surface area (Å²) in [5.74, 6) is 0.815. The average Bonchev–Trinajstić information content (AvgIpc) is 3.16. The molecule has 114 valence electrons. The van der Waals surface area contributed by atoms with E-state index in [1.165, 1.54) is 0 Å². The number of likely N-dealkylation sites (N-methyl/N-ethyl adjacent to an activating group) is 1. The van der Waals surface area contributed by atoms with Gasteiger partial charge in [-0.2, -0.15) is 5.10 Å². The monoisotopic (exact) mass is 290 g/mol. The molecule has 0 aromatic carbocycles. The maximum Gasteiger partial charge on any atom is 0.236 e. The Balaban J connectivity index is 1.77. The predicted molar refractivity (Wildman–Crippen MR) is 79.6 cm³/mol. The summed E-state index contributed by atoms with van der Waals surface area (Å²) in [5.41, 5.74) is 0. The van der Waals surface area contributed by atoms with Gasteiger partial charge in [0, 0.05) is 25.5 Å². The van der Waals surface area contributed by atoms with E-state index in [2.05, 4.69) is 17.3 Å². The third-order valence-corrected chi connectivity index (χ3v) is 3.64. The molecule has 0 radical (unpaired) electrons. The number of aromatic nitrogens is 2. The minimum absolute atomic E-state index is 0.0333. The van der Waals surface area contributed by atoms with E-state index in [0.717, 1.165) is 5.76 Å². The number of nitrogens with zero attached hydrogens (tertiary/aromatic N) is 3. The second-order valence-electron chi connectivity index (χ2n) is 5.23. The van der Waals surface area contributed by atoms with E-state index in [1.54, 1.807) is 24.4 Å². The van der Waals surface area contributed by atoms with Crippen molar-refractivity contribution in [1.82, 2.24) is 20.0 Å². The fourth-order valence-corrected chi connectivity index (χ4v) is 2.03. The van der Waals surface area contributed by atoms with Crippen LogP contribution in [0.1, 0.15) is 25.6 Å². The molecule has 1 N–H and O–H groups in total. The van der Waals surface area contributed by atoms with Crippen LogP contribution in [0, 0.1) is 0 Å².